The lowest BCUT2D eigenvalue weighted by Crippen LogP contribution is -2.25. The first-order valence-electron chi connectivity index (χ1n) is 10.5. The van der Waals surface area contributed by atoms with E-state index in [1.165, 1.54) is 12.1 Å². The fraction of sp³-hybridized carbons (Fsp3) is 0.280. The molecule has 0 spiro atoms. The van der Waals surface area contributed by atoms with E-state index in [4.69, 9.17) is 0 Å². The molecule has 2 nitrogen and oxygen atoms in total. The molecule has 3 aromatic carbocycles. The van der Waals surface area contributed by atoms with Crippen molar-refractivity contribution in [1.82, 2.24) is 0 Å². The monoisotopic (exact) mass is 485 g/mol. The Labute approximate surface area is 191 Å². The maximum absolute atomic E-state index is 15.1. The number of rotatable bonds is 8. The molecular formula is C25H20F7O2. The molecule has 0 saturated carbocycles. The van der Waals surface area contributed by atoms with Crippen LogP contribution in [0, 0.1) is 11.6 Å². The van der Waals surface area contributed by atoms with Gasteiger partial charge in [-0.2, -0.15) is 22.0 Å². The van der Waals surface area contributed by atoms with Gasteiger partial charge in [0, 0.05) is 6.07 Å². The van der Waals surface area contributed by atoms with Gasteiger partial charge in [0.15, 0.2) is 11.6 Å². The average molecular weight is 485 g/mol. The second kappa shape index (κ2) is 9.95. The largest absolute Gasteiger partial charge is 0.432 e. The molecule has 0 atom stereocenters. The summed E-state index contributed by atoms with van der Waals surface area (Å²) in [6.07, 6.45) is -5.62. The third-order valence-electron chi connectivity index (χ3n) is 5.21. The van der Waals surface area contributed by atoms with Crippen molar-refractivity contribution < 1.29 is 40.6 Å². The van der Waals surface area contributed by atoms with Crippen molar-refractivity contribution in [3.63, 3.8) is 0 Å². The summed E-state index contributed by atoms with van der Waals surface area (Å²) in [5.41, 5.74) is -2.80. The summed E-state index contributed by atoms with van der Waals surface area (Å²) in [7, 11) is 0. The Morgan fingerprint density at radius 2 is 1.47 bits per heavy atom. The van der Waals surface area contributed by atoms with Crippen LogP contribution in [0.5, 0.6) is 11.5 Å². The predicted molar refractivity (Wildman–Crippen MR) is 111 cm³/mol. The van der Waals surface area contributed by atoms with E-state index < -0.39 is 52.1 Å². The highest BCUT2D eigenvalue weighted by Gasteiger charge is 2.43. The first kappa shape index (κ1) is 25.4. The summed E-state index contributed by atoms with van der Waals surface area (Å²) in [6, 6.07) is 8.45. The molecule has 3 aromatic rings. The lowest BCUT2D eigenvalue weighted by Gasteiger charge is -2.21. The van der Waals surface area contributed by atoms with Gasteiger partial charge in [0.2, 0.25) is 0 Å². The Bertz CT molecular complexity index is 1120. The van der Waals surface area contributed by atoms with Gasteiger partial charge in [-0.1, -0.05) is 44.0 Å². The number of benzene rings is 3. The third-order valence-corrected chi connectivity index (χ3v) is 5.21. The second-order valence-corrected chi connectivity index (χ2v) is 7.72. The topological polar surface area (TPSA) is 29.1 Å². The molecule has 0 heterocycles. The van der Waals surface area contributed by atoms with Crippen molar-refractivity contribution in [3.05, 3.63) is 82.9 Å². The molecule has 0 aliphatic rings. The molecule has 0 fully saturated rings. The van der Waals surface area contributed by atoms with Crippen LogP contribution in [-0.2, 0) is 23.8 Å². The van der Waals surface area contributed by atoms with E-state index in [0.717, 1.165) is 31.2 Å². The summed E-state index contributed by atoms with van der Waals surface area (Å²) in [5, 5.41) is 12.3. The van der Waals surface area contributed by atoms with Crippen molar-refractivity contribution in [2.45, 2.75) is 44.9 Å². The van der Waals surface area contributed by atoms with Crippen molar-refractivity contribution in [2.24, 2.45) is 0 Å². The van der Waals surface area contributed by atoms with Gasteiger partial charge in [0.25, 0.3) is 0 Å². The molecule has 0 saturated heterocycles. The van der Waals surface area contributed by atoms with Crippen LogP contribution in [0.3, 0.4) is 0 Å². The maximum Gasteiger partial charge on any atom is 0.432 e. The van der Waals surface area contributed by atoms with Crippen LogP contribution >= 0.6 is 0 Å². The fourth-order valence-corrected chi connectivity index (χ4v) is 3.46. The molecule has 0 aromatic heterocycles. The summed E-state index contributed by atoms with van der Waals surface area (Å²) >= 11 is 0. The van der Waals surface area contributed by atoms with E-state index >= 15 is 4.39 Å². The standard InChI is InChI=1S/C25H20F7O2/c1-2-3-4-5-15-6-8-16(9-7-15)21-20(33)14-19(26)22(23(21)27)25(31,32)34-18-12-10-17(11-13-18)24(28,29)30/h6-14H,2-5H2,1H3. The number of alkyl halides is 5. The molecule has 9 heteroatoms. The van der Waals surface area contributed by atoms with Gasteiger partial charge in [-0.25, -0.2) is 8.78 Å². The van der Waals surface area contributed by atoms with Crippen LogP contribution in [0.1, 0.15) is 42.9 Å². The van der Waals surface area contributed by atoms with E-state index in [9.17, 15) is 31.4 Å². The van der Waals surface area contributed by atoms with Crippen LogP contribution in [0.2, 0.25) is 0 Å². The van der Waals surface area contributed by atoms with Crippen LogP contribution < -0.4 is 4.74 Å². The smallest absolute Gasteiger partial charge is 0.429 e. The van der Waals surface area contributed by atoms with Crippen LogP contribution in [0.25, 0.3) is 11.1 Å². The lowest BCUT2D eigenvalue weighted by molar-refractivity contribution is -0.189. The van der Waals surface area contributed by atoms with Crippen LogP contribution in [-0.4, -0.2) is 0 Å². The molecule has 181 valence electrons. The fourth-order valence-electron chi connectivity index (χ4n) is 3.46. The number of ether oxygens (including phenoxy) is 1. The molecule has 0 aliphatic heterocycles. The van der Waals surface area contributed by atoms with Gasteiger partial charge >= 0.3 is 12.3 Å². The van der Waals surface area contributed by atoms with Crippen molar-refractivity contribution in [3.8, 4) is 22.6 Å². The maximum atomic E-state index is 15.1. The minimum atomic E-state index is -4.70. The Hall–Kier alpha value is -3.23. The molecule has 0 bridgehead atoms. The van der Waals surface area contributed by atoms with Gasteiger partial charge in [0.05, 0.1) is 11.1 Å². The Morgan fingerprint density at radius 1 is 0.853 bits per heavy atom. The molecule has 0 aliphatic carbocycles. The third kappa shape index (κ3) is 5.63. The van der Waals surface area contributed by atoms with E-state index in [0.29, 0.717) is 24.3 Å². The van der Waals surface area contributed by atoms with Gasteiger partial charge in [0.1, 0.15) is 17.1 Å². The second-order valence-electron chi connectivity index (χ2n) is 7.72. The summed E-state index contributed by atoms with van der Waals surface area (Å²) in [4.78, 5) is 0. The first-order chi connectivity index (χ1) is 15.9. The van der Waals surface area contributed by atoms with E-state index in [2.05, 4.69) is 4.74 Å². The highest BCUT2D eigenvalue weighted by Crippen LogP contribution is 2.42. The average Bonchev–Trinajstić information content (AvgIpc) is 2.74. The van der Waals surface area contributed by atoms with Crippen LogP contribution in [0.4, 0.5) is 30.7 Å². The van der Waals surface area contributed by atoms with Crippen molar-refractivity contribution >= 4 is 0 Å². The normalized spacial score (nSPS) is 12.1. The molecule has 34 heavy (non-hydrogen) atoms. The van der Waals surface area contributed by atoms with Gasteiger partial charge in [-0.3, -0.25) is 5.11 Å². The van der Waals surface area contributed by atoms with Gasteiger partial charge in [-0.05, 0) is 48.2 Å². The van der Waals surface area contributed by atoms with E-state index in [1.54, 1.807) is 12.1 Å². The molecule has 0 N–H and O–H groups in total. The zero-order chi connectivity index (χ0) is 25.1. The quantitative estimate of drug-likeness (QED) is 0.232. The Balaban J connectivity index is 1.93. The number of hydrogen-bond donors (Lipinski definition) is 0. The number of halogens is 7. The highest BCUT2D eigenvalue weighted by molar-refractivity contribution is 5.72. The SMILES string of the molecule is CCCCCc1ccc(-c2c([O])cc(F)c(C(F)(F)Oc3ccc(C(F)(F)F)cc3)c2F)cc1. The van der Waals surface area contributed by atoms with Crippen molar-refractivity contribution in [1.29, 1.82) is 0 Å². The molecule has 3 rings (SSSR count). The molecule has 0 amide bonds. The Kier molecular flexibility index (Phi) is 7.43. The van der Waals surface area contributed by atoms with Gasteiger partial charge in [-0.15, -0.1) is 0 Å². The molecule has 1 radical (unpaired) electrons. The van der Waals surface area contributed by atoms with E-state index in [-0.39, 0.29) is 11.6 Å². The minimum absolute atomic E-state index is 0.0201. The first-order valence-corrected chi connectivity index (χ1v) is 10.5. The van der Waals surface area contributed by atoms with Crippen LogP contribution in [0.15, 0.2) is 54.6 Å². The number of unbranched alkanes of at least 4 members (excludes halogenated alkanes) is 2. The number of aryl methyl sites for hydroxylation is 1. The predicted octanol–water partition coefficient (Wildman–Crippen LogP) is 8.66. The molecule has 0 unspecified atom stereocenters. The highest BCUT2D eigenvalue weighted by atomic mass is 19.4. The van der Waals surface area contributed by atoms with E-state index in [1.807, 2.05) is 6.92 Å². The zero-order valence-corrected chi connectivity index (χ0v) is 18.0. The van der Waals surface area contributed by atoms with Crippen molar-refractivity contribution in [2.75, 3.05) is 0 Å². The summed E-state index contributed by atoms with van der Waals surface area (Å²) in [5.74, 6) is -5.52. The number of hydrogen-bond acceptors (Lipinski definition) is 1. The Morgan fingerprint density at radius 3 is 2.03 bits per heavy atom. The lowest BCUT2D eigenvalue weighted by atomic mass is 9.97. The minimum Gasteiger partial charge on any atom is -0.429 e. The zero-order valence-electron chi connectivity index (χ0n) is 18.0. The summed E-state index contributed by atoms with van der Waals surface area (Å²) in [6.45, 7) is 2.05. The van der Waals surface area contributed by atoms with Gasteiger partial charge < -0.3 is 4.74 Å². The summed E-state index contributed by atoms with van der Waals surface area (Å²) < 4.78 is 101. The molecular weight excluding hydrogens is 465 g/mol.